The monoisotopic (exact) mass is 234 g/mol. The summed E-state index contributed by atoms with van der Waals surface area (Å²) in [6, 6.07) is 5.68. The summed E-state index contributed by atoms with van der Waals surface area (Å²) in [6.45, 7) is 2.91. The first-order chi connectivity index (χ1) is 8.20. The minimum atomic E-state index is -0.0692. The summed E-state index contributed by atoms with van der Waals surface area (Å²) in [4.78, 5) is 12.0. The maximum Gasteiger partial charge on any atom is 0.241 e. The van der Waals surface area contributed by atoms with Gasteiger partial charge in [-0.1, -0.05) is 6.07 Å². The van der Waals surface area contributed by atoms with Crippen molar-refractivity contribution in [3.05, 3.63) is 23.8 Å². The lowest BCUT2D eigenvalue weighted by Gasteiger charge is -2.14. The van der Waals surface area contributed by atoms with Gasteiger partial charge in [0.05, 0.1) is 18.8 Å². The second-order valence-electron chi connectivity index (χ2n) is 4.34. The van der Waals surface area contributed by atoms with E-state index in [4.69, 9.17) is 4.74 Å². The molecule has 1 aromatic rings. The Morgan fingerprint density at radius 3 is 3.00 bits per heavy atom. The molecule has 17 heavy (non-hydrogen) atoms. The number of aryl methyl sites for hydroxylation is 1. The third kappa shape index (κ3) is 2.77. The van der Waals surface area contributed by atoms with Crippen LogP contribution in [0.3, 0.4) is 0 Å². The van der Waals surface area contributed by atoms with E-state index in [-0.39, 0.29) is 11.9 Å². The van der Waals surface area contributed by atoms with Crippen molar-refractivity contribution in [1.82, 2.24) is 5.32 Å². The van der Waals surface area contributed by atoms with Crippen molar-refractivity contribution < 1.29 is 9.53 Å². The predicted molar refractivity (Wildman–Crippen MR) is 67.4 cm³/mol. The summed E-state index contributed by atoms with van der Waals surface area (Å²) in [5, 5.41) is 6.09. The smallest absolute Gasteiger partial charge is 0.241 e. The summed E-state index contributed by atoms with van der Waals surface area (Å²) >= 11 is 0. The molecule has 1 aliphatic heterocycles. The zero-order valence-electron chi connectivity index (χ0n) is 10.2. The molecule has 0 bridgehead atoms. The molecule has 1 amide bonds. The molecule has 0 aromatic heterocycles. The number of rotatable bonds is 3. The molecule has 1 aliphatic rings. The molecule has 4 heteroatoms. The minimum absolute atomic E-state index is 0.0198. The highest BCUT2D eigenvalue weighted by Gasteiger charge is 2.22. The molecule has 1 saturated heterocycles. The summed E-state index contributed by atoms with van der Waals surface area (Å²) in [5.41, 5.74) is 1.84. The third-order valence-corrected chi connectivity index (χ3v) is 2.99. The highest BCUT2D eigenvalue weighted by atomic mass is 16.5. The van der Waals surface area contributed by atoms with Gasteiger partial charge in [-0.05, 0) is 44.0 Å². The molecular formula is C13H18N2O2. The predicted octanol–water partition coefficient (Wildman–Crippen LogP) is 1.69. The van der Waals surface area contributed by atoms with Crippen molar-refractivity contribution in [1.29, 1.82) is 0 Å². The number of hydrogen-bond donors (Lipinski definition) is 2. The number of amides is 1. The van der Waals surface area contributed by atoms with Crippen LogP contribution in [-0.4, -0.2) is 25.6 Å². The number of carbonyl (C=O) groups excluding carboxylic acids is 1. The number of methoxy groups -OCH3 is 1. The largest absolute Gasteiger partial charge is 0.495 e. The second-order valence-corrected chi connectivity index (χ2v) is 4.34. The van der Waals surface area contributed by atoms with Crippen molar-refractivity contribution in [2.75, 3.05) is 19.0 Å². The van der Waals surface area contributed by atoms with Crippen molar-refractivity contribution in [2.45, 2.75) is 25.8 Å². The first-order valence-corrected chi connectivity index (χ1v) is 5.89. The number of anilines is 1. The van der Waals surface area contributed by atoms with E-state index in [0.717, 1.165) is 30.6 Å². The van der Waals surface area contributed by atoms with Crippen LogP contribution in [0.1, 0.15) is 18.4 Å². The van der Waals surface area contributed by atoms with E-state index in [1.807, 2.05) is 25.1 Å². The Kier molecular flexibility index (Phi) is 3.64. The van der Waals surface area contributed by atoms with E-state index in [9.17, 15) is 4.79 Å². The summed E-state index contributed by atoms with van der Waals surface area (Å²) < 4.78 is 5.23. The zero-order chi connectivity index (χ0) is 12.3. The van der Waals surface area contributed by atoms with Crippen LogP contribution in [0.4, 0.5) is 5.69 Å². The van der Waals surface area contributed by atoms with Gasteiger partial charge >= 0.3 is 0 Å². The van der Waals surface area contributed by atoms with E-state index in [1.54, 1.807) is 7.11 Å². The van der Waals surface area contributed by atoms with E-state index in [2.05, 4.69) is 10.6 Å². The van der Waals surface area contributed by atoms with Crippen molar-refractivity contribution >= 4 is 11.6 Å². The van der Waals surface area contributed by atoms with Gasteiger partial charge in [-0.15, -0.1) is 0 Å². The van der Waals surface area contributed by atoms with Crippen LogP contribution < -0.4 is 15.4 Å². The Morgan fingerprint density at radius 1 is 1.53 bits per heavy atom. The Hall–Kier alpha value is -1.55. The van der Waals surface area contributed by atoms with Gasteiger partial charge in [0.15, 0.2) is 0 Å². The molecule has 0 radical (unpaired) electrons. The molecule has 2 rings (SSSR count). The van der Waals surface area contributed by atoms with Crippen molar-refractivity contribution in [2.24, 2.45) is 0 Å². The van der Waals surface area contributed by atoms with Crippen LogP contribution in [0.2, 0.25) is 0 Å². The Labute approximate surface area is 101 Å². The Morgan fingerprint density at radius 2 is 2.35 bits per heavy atom. The van der Waals surface area contributed by atoms with Gasteiger partial charge in [0.2, 0.25) is 5.91 Å². The standard InChI is InChI=1S/C13H18N2O2/c1-9-5-6-12(17-2)11(8-9)15-13(16)10-4-3-7-14-10/h5-6,8,10,14H,3-4,7H2,1-2H3,(H,15,16). The number of hydrogen-bond acceptors (Lipinski definition) is 3. The van der Waals surface area contributed by atoms with Gasteiger partial charge in [0.25, 0.3) is 0 Å². The van der Waals surface area contributed by atoms with E-state index in [1.165, 1.54) is 0 Å². The fourth-order valence-corrected chi connectivity index (χ4v) is 2.05. The molecule has 1 fully saturated rings. The van der Waals surface area contributed by atoms with Gasteiger partial charge in [-0.3, -0.25) is 4.79 Å². The van der Waals surface area contributed by atoms with Gasteiger partial charge in [0, 0.05) is 0 Å². The van der Waals surface area contributed by atoms with Gasteiger partial charge in [-0.2, -0.15) is 0 Å². The molecule has 0 spiro atoms. The van der Waals surface area contributed by atoms with Crippen LogP contribution >= 0.6 is 0 Å². The third-order valence-electron chi connectivity index (χ3n) is 2.99. The molecule has 2 N–H and O–H groups in total. The normalized spacial score (nSPS) is 19.1. The molecule has 1 heterocycles. The number of carbonyl (C=O) groups is 1. The first-order valence-electron chi connectivity index (χ1n) is 5.89. The van der Waals surface area contributed by atoms with E-state index in [0.29, 0.717) is 5.75 Å². The fraction of sp³-hybridized carbons (Fsp3) is 0.462. The topological polar surface area (TPSA) is 50.4 Å². The number of ether oxygens (including phenoxy) is 1. The molecular weight excluding hydrogens is 216 g/mol. The molecule has 1 unspecified atom stereocenters. The van der Waals surface area contributed by atoms with Crippen LogP contribution in [0.25, 0.3) is 0 Å². The molecule has 1 atom stereocenters. The number of benzene rings is 1. The van der Waals surface area contributed by atoms with E-state index >= 15 is 0 Å². The van der Waals surface area contributed by atoms with Crippen molar-refractivity contribution in [3.8, 4) is 5.75 Å². The Balaban J connectivity index is 2.11. The first kappa shape index (κ1) is 11.9. The molecule has 1 aromatic carbocycles. The highest BCUT2D eigenvalue weighted by Crippen LogP contribution is 2.25. The lowest BCUT2D eigenvalue weighted by atomic mass is 10.2. The van der Waals surface area contributed by atoms with Gasteiger partial charge in [0.1, 0.15) is 5.75 Å². The molecule has 0 aliphatic carbocycles. The minimum Gasteiger partial charge on any atom is -0.495 e. The average molecular weight is 234 g/mol. The van der Waals surface area contributed by atoms with Gasteiger partial charge in [-0.25, -0.2) is 0 Å². The summed E-state index contributed by atoms with van der Waals surface area (Å²) in [7, 11) is 1.61. The molecule has 4 nitrogen and oxygen atoms in total. The fourth-order valence-electron chi connectivity index (χ4n) is 2.05. The molecule has 0 saturated carbocycles. The van der Waals surface area contributed by atoms with E-state index < -0.39 is 0 Å². The van der Waals surface area contributed by atoms with Crippen LogP contribution in [0.5, 0.6) is 5.75 Å². The maximum absolute atomic E-state index is 12.0. The SMILES string of the molecule is COc1ccc(C)cc1NC(=O)C1CCCN1. The second kappa shape index (κ2) is 5.19. The van der Waals surface area contributed by atoms with Crippen LogP contribution in [0, 0.1) is 6.92 Å². The summed E-state index contributed by atoms with van der Waals surface area (Å²) in [6.07, 6.45) is 1.96. The van der Waals surface area contributed by atoms with Crippen LogP contribution in [-0.2, 0) is 4.79 Å². The molecule has 92 valence electrons. The highest BCUT2D eigenvalue weighted by molar-refractivity contribution is 5.96. The number of nitrogens with one attached hydrogen (secondary N) is 2. The zero-order valence-corrected chi connectivity index (χ0v) is 10.2. The lowest BCUT2D eigenvalue weighted by molar-refractivity contribution is -0.117. The quantitative estimate of drug-likeness (QED) is 0.837. The van der Waals surface area contributed by atoms with Crippen molar-refractivity contribution in [3.63, 3.8) is 0 Å². The summed E-state index contributed by atoms with van der Waals surface area (Å²) in [5.74, 6) is 0.716. The van der Waals surface area contributed by atoms with Gasteiger partial charge < -0.3 is 15.4 Å². The lowest BCUT2D eigenvalue weighted by Crippen LogP contribution is -2.35. The van der Waals surface area contributed by atoms with Crippen LogP contribution in [0.15, 0.2) is 18.2 Å². The maximum atomic E-state index is 12.0. The average Bonchev–Trinajstić information content (AvgIpc) is 2.83. The Bertz CT molecular complexity index is 412.